The van der Waals surface area contributed by atoms with Gasteiger partial charge in [0.1, 0.15) is 23.9 Å². The van der Waals surface area contributed by atoms with Crippen molar-refractivity contribution in [3.8, 4) is 5.88 Å². The van der Waals surface area contributed by atoms with Crippen LogP contribution in [0.1, 0.15) is 10.4 Å². The van der Waals surface area contributed by atoms with E-state index in [1.807, 2.05) is 0 Å². The maximum Gasteiger partial charge on any atom is 0.261 e. The number of ether oxygens (including phenoxy) is 1. The smallest absolute Gasteiger partial charge is 0.261 e. The van der Waals surface area contributed by atoms with Crippen LogP contribution in [0.5, 0.6) is 5.88 Å². The SMILES string of the molecule is O=C(NC1=CC(=O)C2OC2C1O)c1cc2cccnc2nc1O. The fourth-order valence-corrected chi connectivity index (χ4v) is 2.56. The summed E-state index contributed by atoms with van der Waals surface area (Å²) < 4.78 is 5.03. The standard InChI is InChI=1S/C15H11N3O5/c19-9-5-8(10(20)12-11(9)23-12)17-14(21)7-4-6-2-1-3-16-13(6)18-15(7)22/h1-5,10-12,20H,(H,17,21)(H,16,18,22). The van der Waals surface area contributed by atoms with E-state index < -0.39 is 30.1 Å². The minimum atomic E-state index is -1.08. The van der Waals surface area contributed by atoms with Crippen LogP contribution in [0.25, 0.3) is 11.0 Å². The molecule has 1 saturated heterocycles. The lowest BCUT2D eigenvalue weighted by atomic mass is 10.0. The van der Waals surface area contributed by atoms with Crippen LogP contribution < -0.4 is 5.32 Å². The van der Waals surface area contributed by atoms with Gasteiger partial charge in [-0.25, -0.2) is 4.98 Å². The Hall–Kier alpha value is -2.84. The van der Waals surface area contributed by atoms with Gasteiger partial charge in [-0.3, -0.25) is 9.59 Å². The first-order valence-electron chi connectivity index (χ1n) is 6.89. The second kappa shape index (κ2) is 4.83. The predicted molar refractivity (Wildman–Crippen MR) is 76.4 cm³/mol. The number of pyridine rings is 2. The Bertz CT molecular complexity index is 879. The Labute approximate surface area is 129 Å². The van der Waals surface area contributed by atoms with Gasteiger partial charge in [-0.1, -0.05) is 0 Å². The third kappa shape index (κ3) is 2.24. The Morgan fingerprint density at radius 3 is 3.04 bits per heavy atom. The highest BCUT2D eigenvalue weighted by Gasteiger charge is 2.53. The van der Waals surface area contributed by atoms with Gasteiger partial charge >= 0.3 is 0 Å². The molecule has 2 aromatic heterocycles. The van der Waals surface area contributed by atoms with E-state index in [1.54, 1.807) is 12.1 Å². The molecule has 0 aromatic carbocycles. The molecule has 116 valence electrons. The molecule has 3 atom stereocenters. The molecule has 1 amide bonds. The fourth-order valence-electron chi connectivity index (χ4n) is 2.56. The van der Waals surface area contributed by atoms with Gasteiger partial charge < -0.3 is 20.3 Å². The number of epoxide rings is 1. The van der Waals surface area contributed by atoms with E-state index in [0.717, 1.165) is 6.08 Å². The molecular weight excluding hydrogens is 302 g/mol. The molecule has 1 aliphatic heterocycles. The average molecular weight is 313 g/mol. The summed E-state index contributed by atoms with van der Waals surface area (Å²) in [4.78, 5) is 31.8. The molecule has 3 unspecified atom stereocenters. The summed E-state index contributed by atoms with van der Waals surface area (Å²) in [5.74, 6) is -1.47. The lowest BCUT2D eigenvalue weighted by Crippen LogP contribution is -2.37. The van der Waals surface area contributed by atoms with E-state index >= 15 is 0 Å². The number of fused-ring (bicyclic) bond motifs is 2. The Balaban J connectivity index is 1.64. The van der Waals surface area contributed by atoms with Gasteiger partial charge in [0.05, 0.1) is 5.70 Å². The summed E-state index contributed by atoms with van der Waals surface area (Å²) in [6.07, 6.45) is 0.348. The second-order valence-electron chi connectivity index (χ2n) is 5.33. The van der Waals surface area contributed by atoms with Crippen molar-refractivity contribution in [1.82, 2.24) is 15.3 Å². The molecule has 4 rings (SSSR count). The monoisotopic (exact) mass is 313 g/mol. The molecule has 23 heavy (non-hydrogen) atoms. The number of aliphatic hydroxyl groups excluding tert-OH is 1. The predicted octanol–water partition coefficient (Wildman–Crippen LogP) is -0.340. The molecule has 8 nitrogen and oxygen atoms in total. The molecular formula is C15H11N3O5. The van der Waals surface area contributed by atoms with Gasteiger partial charge in [-0.15, -0.1) is 0 Å². The summed E-state index contributed by atoms with van der Waals surface area (Å²) in [7, 11) is 0. The zero-order valence-corrected chi connectivity index (χ0v) is 11.6. The zero-order chi connectivity index (χ0) is 16.1. The summed E-state index contributed by atoms with van der Waals surface area (Å²) >= 11 is 0. The van der Waals surface area contributed by atoms with Crippen LogP contribution in [-0.4, -0.2) is 50.2 Å². The van der Waals surface area contributed by atoms with Gasteiger partial charge in [0, 0.05) is 17.7 Å². The van der Waals surface area contributed by atoms with Crippen molar-refractivity contribution in [2.75, 3.05) is 0 Å². The summed E-state index contributed by atoms with van der Waals surface area (Å²) in [6, 6.07) is 4.82. The quantitative estimate of drug-likeness (QED) is 0.648. The number of aromatic hydroxyl groups is 1. The molecule has 2 aromatic rings. The first kappa shape index (κ1) is 13.8. The van der Waals surface area contributed by atoms with E-state index in [1.165, 1.54) is 12.3 Å². The first-order valence-corrected chi connectivity index (χ1v) is 6.89. The first-order chi connectivity index (χ1) is 11.0. The van der Waals surface area contributed by atoms with Gasteiger partial charge in [0.25, 0.3) is 5.91 Å². The third-order valence-electron chi connectivity index (χ3n) is 3.81. The number of aliphatic hydroxyl groups is 1. The van der Waals surface area contributed by atoms with Crippen LogP contribution in [0.3, 0.4) is 0 Å². The van der Waals surface area contributed by atoms with Crippen molar-refractivity contribution in [1.29, 1.82) is 0 Å². The highest BCUT2D eigenvalue weighted by atomic mass is 16.6. The highest BCUT2D eigenvalue weighted by molar-refractivity contribution is 6.02. The Morgan fingerprint density at radius 2 is 2.22 bits per heavy atom. The number of carbonyl (C=O) groups excluding carboxylic acids is 2. The van der Waals surface area contributed by atoms with Crippen LogP contribution >= 0.6 is 0 Å². The number of nitrogens with one attached hydrogen (secondary N) is 1. The molecule has 0 radical (unpaired) electrons. The molecule has 0 saturated carbocycles. The minimum Gasteiger partial charge on any atom is -0.493 e. The largest absolute Gasteiger partial charge is 0.493 e. The number of amides is 1. The second-order valence-corrected chi connectivity index (χ2v) is 5.33. The number of rotatable bonds is 2. The average Bonchev–Trinajstić information content (AvgIpc) is 3.33. The minimum absolute atomic E-state index is 0.0458. The molecule has 3 heterocycles. The topological polar surface area (TPSA) is 125 Å². The summed E-state index contributed by atoms with van der Waals surface area (Å²) in [6.45, 7) is 0. The Morgan fingerprint density at radius 1 is 1.39 bits per heavy atom. The lowest BCUT2D eigenvalue weighted by molar-refractivity contribution is -0.116. The van der Waals surface area contributed by atoms with Gasteiger partial charge in [0.15, 0.2) is 11.4 Å². The van der Waals surface area contributed by atoms with Crippen molar-refractivity contribution in [3.63, 3.8) is 0 Å². The van der Waals surface area contributed by atoms with E-state index in [4.69, 9.17) is 4.74 Å². The Kier molecular flexibility index (Phi) is 2.90. The van der Waals surface area contributed by atoms with Gasteiger partial charge in [-0.05, 0) is 18.2 Å². The van der Waals surface area contributed by atoms with Crippen LogP contribution in [0.2, 0.25) is 0 Å². The van der Waals surface area contributed by atoms with Crippen molar-refractivity contribution >= 4 is 22.7 Å². The van der Waals surface area contributed by atoms with Crippen molar-refractivity contribution < 1.29 is 24.5 Å². The molecule has 3 N–H and O–H groups in total. The number of carbonyl (C=O) groups is 2. The van der Waals surface area contributed by atoms with Crippen LogP contribution in [0.15, 0.2) is 36.2 Å². The number of nitrogens with zero attached hydrogens (tertiary/aromatic N) is 2. The molecule has 0 bridgehead atoms. The maximum absolute atomic E-state index is 12.3. The number of hydrogen-bond acceptors (Lipinski definition) is 7. The summed E-state index contributed by atoms with van der Waals surface area (Å²) in [5, 5.41) is 22.9. The van der Waals surface area contributed by atoms with Gasteiger partial charge in [0.2, 0.25) is 5.88 Å². The van der Waals surface area contributed by atoms with Crippen molar-refractivity contribution in [2.24, 2.45) is 0 Å². The molecule has 1 fully saturated rings. The van der Waals surface area contributed by atoms with E-state index in [9.17, 15) is 19.8 Å². The van der Waals surface area contributed by atoms with Crippen molar-refractivity contribution in [2.45, 2.75) is 18.3 Å². The van der Waals surface area contributed by atoms with Crippen molar-refractivity contribution in [3.05, 3.63) is 41.7 Å². The third-order valence-corrected chi connectivity index (χ3v) is 3.81. The van der Waals surface area contributed by atoms with Gasteiger partial charge in [-0.2, -0.15) is 4.98 Å². The summed E-state index contributed by atoms with van der Waals surface area (Å²) in [5.41, 5.74) is 0.275. The lowest BCUT2D eigenvalue weighted by Gasteiger charge is -2.17. The van der Waals surface area contributed by atoms with E-state index in [0.29, 0.717) is 11.0 Å². The van der Waals surface area contributed by atoms with Crippen LogP contribution in [-0.2, 0) is 9.53 Å². The van der Waals surface area contributed by atoms with Crippen LogP contribution in [0, 0.1) is 0 Å². The molecule has 0 spiro atoms. The fraction of sp³-hybridized carbons (Fsp3) is 0.200. The van der Waals surface area contributed by atoms with E-state index in [2.05, 4.69) is 15.3 Å². The number of hydrogen-bond donors (Lipinski definition) is 3. The van der Waals surface area contributed by atoms with E-state index in [-0.39, 0.29) is 17.0 Å². The molecule has 2 aliphatic rings. The molecule has 8 heteroatoms. The number of ketones is 1. The highest BCUT2D eigenvalue weighted by Crippen LogP contribution is 2.33. The normalized spacial score (nSPS) is 25.7. The molecule has 1 aliphatic carbocycles. The number of aromatic nitrogens is 2. The maximum atomic E-state index is 12.3. The van der Waals surface area contributed by atoms with Crippen LogP contribution in [0.4, 0.5) is 0 Å². The zero-order valence-electron chi connectivity index (χ0n) is 11.6.